The van der Waals surface area contributed by atoms with Gasteiger partial charge in [-0.25, -0.2) is 8.42 Å². The SMILES string of the molecule is C=C.CCOC(C)OCC.O=C1CN(CCCl)S(=O)(=O)c2ccccc21. The van der Waals surface area contributed by atoms with Crippen LogP contribution in [0.5, 0.6) is 0 Å². The van der Waals surface area contributed by atoms with Crippen LogP contribution in [0.3, 0.4) is 0 Å². The number of carbonyl (C=O) groups is 1. The van der Waals surface area contributed by atoms with Crippen LogP contribution in [0.4, 0.5) is 0 Å². The number of rotatable bonds is 6. The number of fused-ring (bicyclic) bond motifs is 1. The summed E-state index contributed by atoms with van der Waals surface area (Å²) in [6.45, 7) is 13.3. The van der Waals surface area contributed by atoms with Crippen molar-refractivity contribution >= 4 is 27.4 Å². The molecular weight excluding hydrogens is 378 g/mol. The van der Waals surface area contributed by atoms with Crippen molar-refractivity contribution in [1.29, 1.82) is 0 Å². The molecule has 0 saturated heterocycles. The monoisotopic (exact) mass is 405 g/mol. The van der Waals surface area contributed by atoms with Gasteiger partial charge in [0.1, 0.15) is 0 Å². The number of hydrogen-bond acceptors (Lipinski definition) is 5. The fourth-order valence-corrected chi connectivity index (χ4v) is 4.11. The van der Waals surface area contributed by atoms with E-state index in [0.717, 1.165) is 17.5 Å². The summed E-state index contributed by atoms with van der Waals surface area (Å²) < 4.78 is 35.3. The molecule has 2 rings (SSSR count). The molecular formula is C18H28ClNO5S. The number of carbonyl (C=O) groups excluding carboxylic acids is 1. The van der Waals surface area contributed by atoms with Crippen molar-refractivity contribution in [2.75, 3.05) is 32.2 Å². The Kier molecular flexibility index (Phi) is 12.4. The third-order valence-electron chi connectivity index (χ3n) is 3.26. The molecule has 0 saturated carbocycles. The van der Waals surface area contributed by atoms with E-state index in [4.69, 9.17) is 21.1 Å². The van der Waals surface area contributed by atoms with Gasteiger partial charge in [0.25, 0.3) is 0 Å². The first-order valence-electron chi connectivity index (χ1n) is 8.30. The highest BCUT2D eigenvalue weighted by Gasteiger charge is 2.34. The molecule has 0 aliphatic carbocycles. The summed E-state index contributed by atoms with van der Waals surface area (Å²) in [6.07, 6.45) is -0.0370. The van der Waals surface area contributed by atoms with Crippen LogP contribution < -0.4 is 0 Å². The molecule has 0 fully saturated rings. The van der Waals surface area contributed by atoms with Gasteiger partial charge in [-0.05, 0) is 32.9 Å². The van der Waals surface area contributed by atoms with Crippen LogP contribution in [0.1, 0.15) is 31.1 Å². The van der Waals surface area contributed by atoms with Crippen molar-refractivity contribution in [2.24, 2.45) is 0 Å². The quantitative estimate of drug-likeness (QED) is 0.412. The number of Topliss-reactive ketones (excluding diaryl/α,β-unsaturated/α-hetero) is 1. The van der Waals surface area contributed by atoms with Crippen molar-refractivity contribution in [3.8, 4) is 0 Å². The Labute approximate surface area is 161 Å². The Morgan fingerprint density at radius 2 is 1.73 bits per heavy atom. The van der Waals surface area contributed by atoms with Gasteiger partial charge in [-0.3, -0.25) is 4.79 Å². The molecule has 0 radical (unpaired) electrons. The summed E-state index contributed by atoms with van der Waals surface area (Å²) in [4.78, 5) is 11.8. The summed E-state index contributed by atoms with van der Waals surface area (Å²) in [6, 6.07) is 6.24. The zero-order valence-corrected chi connectivity index (χ0v) is 17.2. The Morgan fingerprint density at radius 3 is 2.23 bits per heavy atom. The Bertz CT molecular complexity index is 645. The first-order valence-corrected chi connectivity index (χ1v) is 10.3. The van der Waals surface area contributed by atoms with E-state index < -0.39 is 10.0 Å². The smallest absolute Gasteiger partial charge is 0.244 e. The number of sulfonamides is 1. The van der Waals surface area contributed by atoms with Gasteiger partial charge in [-0.1, -0.05) is 12.1 Å². The molecule has 0 atom stereocenters. The third-order valence-corrected chi connectivity index (χ3v) is 5.33. The highest BCUT2D eigenvalue weighted by atomic mass is 35.5. The molecule has 148 valence electrons. The molecule has 8 heteroatoms. The molecule has 26 heavy (non-hydrogen) atoms. The lowest BCUT2D eigenvalue weighted by atomic mass is 10.1. The first kappa shape index (κ1) is 24.8. The zero-order chi connectivity index (χ0) is 20.2. The number of benzene rings is 1. The molecule has 0 spiro atoms. The largest absolute Gasteiger partial charge is 0.353 e. The summed E-state index contributed by atoms with van der Waals surface area (Å²) in [5.41, 5.74) is 0.272. The topological polar surface area (TPSA) is 72.9 Å². The number of nitrogens with zero attached hydrogens (tertiary/aromatic N) is 1. The molecule has 1 aromatic rings. The normalized spacial score (nSPS) is 15.3. The maximum Gasteiger partial charge on any atom is 0.244 e. The van der Waals surface area contributed by atoms with Crippen molar-refractivity contribution < 1.29 is 22.7 Å². The van der Waals surface area contributed by atoms with Gasteiger partial charge in [0.2, 0.25) is 10.0 Å². The van der Waals surface area contributed by atoms with Crippen LogP contribution in [0.2, 0.25) is 0 Å². The van der Waals surface area contributed by atoms with Crippen LogP contribution in [0.25, 0.3) is 0 Å². The average molecular weight is 406 g/mol. The zero-order valence-electron chi connectivity index (χ0n) is 15.6. The average Bonchev–Trinajstić information content (AvgIpc) is 2.63. The van der Waals surface area contributed by atoms with Gasteiger partial charge in [-0.2, -0.15) is 4.31 Å². The summed E-state index contributed by atoms with van der Waals surface area (Å²) in [5, 5.41) is 0. The minimum Gasteiger partial charge on any atom is -0.353 e. The summed E-state index contributed by atoms with van der Waals surface area (Å²) in [7, 11) is -3.55. The van der Waals surface area contributed by atoms with Gasteiger partial charge >= 0.3 is 0 Å². The highest BCUT2D eigenvalue weighted by Crippen LogP contribution is 2.25. The fraction of sp³-hybridized carbons (Fsp3) is 0.500. The second kappa shape index (κ2) is 13.0. The van der Waals surface area contributed by atoms with Crippen molar-refractivity contribution in [1.82, 2.24) is 4.31 Å². The Balaban J connectivity index is 0.000000533. The van der Waals surface area contributed by atoms with Crippen LogP contribution >= 0.6 is 11.6 Å². The predicted molar refractivity (Wildman–Crippen MR) is 104 cm³/mol. The van der Waals surface area contributed by atoms with Crippen molar-refractivity contribution in [3.05, 3.63) is 43.0 Å². The number of halogens is 1. The van der Waals surface area contributed by atoms with Crippen molar-refractivity contribution in [2.45, 2.75) is 32.0 Å². The van der Waals surface area contributed by atoms with E-state index in [9.17, 15) is 13.2 Å². The molecule has 0 N–H and O–H groups in total. The molecule has 0 bridgehead atoms. The Morgan fingerprint density at radius 1 is 1.19 bits per heavy atom. The maximum atomic E-state index is 12.1. The van der Waals surface area contributed by atoms with Gasteiger partial charge < -0.3 is 9.47 Å². The molecule has 0 aromatic heterocycles. The van der Waals surface area contributed by atoms with Crippen molar-refractivity contribution in [3.63, 3.8) is 0 Å². The van der Waals surface area contributed by atoms with Gasteiger partial charge in [0.05, 0.1) is 11.4 Å². The van der Waals surface area contributed by atoms with E-state index in [2.05, 4.69) is 13.2 Å². The molecule has 1 heterocycles. The lowest BCUT2D eigenvalue weighted by Gasteiger charge is -2.26. The van der Waals surface area contributed by atoms with Crippen LogP contribution in [0, 0.1) is 0 Å². The minimum absolute atomic E-state index is 0.0370. The Hall–Kier alpha value is -1.25. The lowest BCUT2D eigenvalue weighted by molar-refractivity contribution is -0.123. The lowest BCUT2D eigenvalue weighted by Crippen LogP contribution is -2.41. The van der Waals surface area contributed by atoms with E-state index in [1.807, 2.05) is 20.8 Å². The van der Waals surface area contributed by atoms with Crippen LogP contribution in [-0.4, -0.2) is 57.0 Å². The van der Waals surface area contributed by atoms with Gasteiger partial charge in [-0.15, -0.1) is 24.8 Å². The molecule has 1 aromatic carbocycles. The highest BCUT2D eigenvalue weighted by molar-refractivity contribution is 7.89. The van der Waals surface area contributed by atoms with E-state index in [1.165, 1.54) is 12.1 Å². The number of alkyl halides is 1. The number of hydrogen-bond donors (Lipinski definition) is 0. The molecule has 6 nitrogen and oxygen atoms in total. The summed E-state index contributed by atoms with van der Waals surface area (Å²) in [5.74, 6) is -0.00941. The summed E-state index contributed by atoms with van der Waals surface area (Å²) >= 11 is 5.52. The van der Waals surface area contributed by atoms with E-state index >= 15 is 0 Å². The number of ketones is 1. The van der Waals surface area contributed by atoms with Gasteiger partial charge in [0, 0.05) is 31.2 Å². The standard InChI is InChI=1S/C10H10ClNO3S.C6H14O2.C2H4/c11-5-6-12-7-9(13)8-3-1-2-4-10(8)16(12,14)15;1-4-7-6(3)8-5-2;1-2/h1-4H,5-7H2;6H,4-5H2,1-3H3;1-2H2. The van der Waals surface area contributed by atoms with E-state index in [1.54, 1.807) is 12.1 Å². The van der Waals surface area contributed by atoms with Gasteiger partial charge in [0.15, 0.2) is 12.1 Å². The minimum atomic E-state index is -3.55. The maximum absolute atomic E-state index is 12.1. The van der Waals surface area contributed by atoms with E-state index in [0.29, 0.717) is 0 Å². The third kappa shape index (κ3) is 7.17. The second-order valence-corrected chi connectivity index (χ2v) is 7.21. The molecule has 1 aliphatic heterocycles. The predicted octanol–water partition coefficient (Wildman–Crippen LogP) is 3.32. The first-order chi connectivity index (χ1) is 12.4. The number of ether oxygens (including phenoxy) is 2. The second-order valence-electron chi connectivity index (χ2n) is 4.93. The van der Waals surface area contributed by atoms with E-state index in [-0.39, 0.29) is 41.5 Å². The molecule has 0 amide bonds. The molecule has 0 unspecified atom stereocenters. The van der Waals surface area contributed by atoms with Crippen LogP contribution in [-0.2, 0) is 19.5 Å². The van der Waals surface area contributed by atoms with Crippen LogP contribution in [0.15, 0.2) is 42.3 Å². The fourth-order valence-electron chi connectivity index (χ4n) is 2.20. The molecule has 1 aliphatic rings.